The van der Waals surface area contributed by atoms with E-state index in [1.165, 1.54) is 64.2 Å². The van der Waals surface area contributed by atoms with Crippen molar-refractivity contribution >= 4 is 0 Å². The summed E-state index contributed by atoms with van der Waals surface area (Å²) in [5.41, 5.74) is 0. The monoisotopic (exact) mass is 400 g/mol. The Balaban J connectivity index is 0. The van der Waals surface area contributed by atoms with Gasteiger partial charge in [0.15, 0.2) is 6.29 Å². The molecule has 0 aromatic rings. The van der Waals surface area contributed by atoms with Gasteiger partial charge >= 0.3 is 29.6 Å². The van der Waals surface area contributed by atoms with Crippen molar-refractivity contribution in [2.75, 3.05) is 13.2 Å². The summed E-state index contributed by atoms with van der Waals surface area (Å²) in [6, 6.07) is 0. The summed E-state index contributed by atoms with van der Waals surface area (Å²) in [6.07, 6.45) is 9.56. The predicted octanol–water partition coefficient (Wildman–Crippen LogP) is -0.379. The van der Waals surface area contributed by atoms with E-state index in [1.54, 1.807) is 0 Å². The van der Waals surface area contributed by atoms with Gasteiger partial charge in [0, 0.05) is 6.61 Å². The second-order valence-corrected chi connectivity index (χ2v) is 7.46. The molecular weight excluding hydrogens is 359 g/mol. The van der Waals surface area contributed by atoms with Gasteiger partial charge in [0.2, 0.25) is 0 Å². The molecule has 158 valence electrons. The van der Waals surface area contributed by atoms with E-state index in [-0.39, 0.29) is 31.0 Å². The normalized spacial score (nSPS) is 26.1. The molecule has 1 aliphatic heterocycles. The summed E-state index contributed by atoms with van der Waals surface area (Å²) < 4.78 is 10.8. The SMILES string of the molecule is CCCCCCCCCCCCCCO[C@H]1O[C@H]([C@@H](O)CO)[C@H](O)[C@H]1O.[H-].[Na+]. The first-order valence-corrected chi connectivity index (χ1v) is 10.5. The van der Waals surface area contributed by atoms with Crippen LogP contribution in [0, 0.1) is 0 Å². The molecule has 0 saturated carbocycles. The summed E-state index contributed by atoms with van der Waals surface area (Å²) >= 11 is 0. The smallest absolute Gasteiger partial charge is 1.00 e. The van der Waals surface area contributed by atoms with Crippen molar-refractivity contribution in [3.05, 3.63) is 0 Å². The van der Waals surface area contributed by atoms with Gasteiger partial charge in [0.25, 0.3) is 0 Å². The summed E-state index contributed by atoms with van der Waals surface area (Å²) in [5.74, 6) is 0. The molecule has 0 aromatic carbocycles. The van der Waals surface area contributed by atoms with Crippen LogP contribution in [0.3, 0.4) is 0 Å². The molecule has 4 N–H and O–H groups in total. The summed E-state index contributed by atoms with van der Waals surface area (Å²) in [5, 5.41) is 38.1. The van der Waals surface area contributed by atoms with Crippen molar-refractivity contribution in [3.63, 3.8) is 0 Å². The molecule has 6 nitrogen and oxygen atoms in total. The Bertz CT molecular complexity index is 340. The topological polar surface area (TPSA) is 99.4 Å². The standard InChI is InChI=1S/C20H40O6.Na.H/c1-2-3-4-5-6-7-8-9-10-11-12-13-14-25-20-18(24)17(23)19(26-20)16(22)15-21;;/h16-24H,2-15H2,1H3;;/q;+1;-1/t16-,17+,18+,19+,20-;;/m0../s1. The van der Waals surface area contributed by atoms with Gasteiger partial charge in [-0.05, 0) is 6.42 Å². The maximum Gasteiger partial charge on any atom is 1.00 e. The molecule has 1 heterocycles. The minimum Gasteiger partial charge on any atom is -1.00 e. The fraction of sp³-hybridized carbons (Fsp3) is 1.00. The second-order valence-electron chi connectivity index (χ2n) is 7.46. The minimum atomic E-state index is -1.25. The van der Waals surface area contributed by atoms with Crippen LogP contribution in [0.25, 0.3) is 0 Å². The quantitative estimate of drug-likeness (QED) is 0.208. The first-order valence-electron chi connectivity index (χ1n) is 10.5. The van der Waals surface area contributed by atoms with Gasteiger partial charge < -0.3 is 31.3 Å². The van der Waals surface area contributed by atoms with Crippen molar-refractivity contribution in [1.82, 2.24) is 0 Å². The molecule has 1 aliphatic rings. The van der Waals surface area contributed by atoms with E-state index in [0.29, 0.717) is 6.61 Å². The van der Waals surface area contributed by atoms with Crippen LogP contribution in [0.1, 0.15) is 85.4 Å². The third kappa shape index (κ3) is 11.5. The molecule has 0 bridgehead atoms. The molecule has 1 saturated heterocycles. The maximum absolute atomic E-state index is 9.87. The third-order valence-electron chi connectivity index (χ3n) is 5.10. The van der Waals surface area contributed by atoms with Gasteiger partial charge in [-0.15, -0.1) is 0 Å². The fourth-order valence-corrected chi connectivity index (χ4v) is 3.37. The zero-order valence-electron chi connectivity index (χ0n) is 18.4. The van der Waals surface area contributed by atoms with Crippen molar-refractivity contribution in [2.24, 2.45) is 0 Å². The number of aliphatic hydroxyl groups is 4. The zero-order chi connectivity index (χ0) is 19.2. The van der Waals surface area contributed by atoms with Crippen LogP contribution in [0.5, 0.6) is 0 Å². The maximum atomic E-state index is 9.87. The number of hydrogen-bond acceptors (Lipinski definition) is 6. The number of ether oxygens (including phenoxy) is 2. The predicted molar refractivity (Wildman–Crippen MR) is 102 cm³/mol. The van der Waals surface area contributed by atoms with E-state index in [0.717, 1.165) is 12.8 Å². The van der Waals surface area contributed by atoms with Crippen molar-refractivity contribution < 1.29 is 60.9 Å². The molecule has 0 radical (unpaired) electrons. The van der Waals surface area contributed by atoms with Crippen LogP contribution >= 0.6 is 0 Å². The number of unbranched alkanes of at least 4 members (excludes halogenated alkanes) is 11. The van der Waals surface area contributed by atoms with Gasteiger partial charge in [0.1, 0.15) is 24.4 Å². The van der Waals surface area contributed by atoms with Crippen LogP contribution in [0.2, 0.25) is 0 Å². The summed E-state index contributed by atoms with van der Waals surface area (Å²) in [6.45, 7) is 2.17. The van der Waals surface area contributed by atoms with Gasteiger partial charge in [0.05, 0.1) is 6.61 Å². The average Bonchev–Trinajstić information content (AvgIpc) is 2.93. The zero-order valence-corrected chi connectivity index (χ0v) is 19.4. The van der Waals surface area contributed by atoms with Gasteiger partial charge in [-0.25, -0.2) is 0 Å². The molecule has 7 heteroatoms. The first-order chi connectivity index (χ1) is 12.6. The van der Waals surface area contributed by atoms with Crippen molar-refractivity contribution in [2.45, 2.75) is 115 Å². The molecule has 1 rings (SSSR count). The Kier molecular flexibility index (Phi) is 18.1. The summed E-state index contributed by atoms with van der Waals surface area (Å²) in [4.78, 5) is 0. The molecular formula is C20H41NaO6. The minimum absolute atomic E-state index is 0. The van der Waals surface area contributed by atoms with Crippen LogP contribution < -0.4 is 29.6 Å². The largest absolute Gasteiger partial charge is 1.00 e. The van der Waals surface area contributed by atoms with Crippen molar-refractivity contribution in [3.8, 4) is 0 Å². The van der Waals surface area contributed by atoms with Crippen LogP contribution in [0.15, 0.2) is 0 Å². The Labute approximate surface area is 188 Å². The van der Waals surface area contributed by atoms with Crippen LogP contribution in [-0.4, -0.2) is 64.3 Å². The van der Waals surface area contributed by atoms with E-state index in [1.807, 2.05) is 0 Å². The second kappa shape index (κ2) is 17.6. The Morgan fingerprint density at radius 2 is 1.33 bits per heavy atom. The van der Waals surface area contributed by atoms with Gasteiger partial charge in [-0.1, -0.05) is 77.6 Å². The van der Waals surface area contributed by atoms with E-state index in [2.05, 4.69) is 6.92 Å². The van der Waals surface area contributed by atoms with Crippen LogP contribution in [0.4, 0.5) is 0 Å². The van der Waals surface area contributed by atoms with Gasteiger partial charge in [-0.3, -0.25) is 0 Å². The molecule has 0 aliphatic carbocycles. The van der Waals surface area contributed by atoms with E-state index in [4.69, 9.17) is 14.6 Å². The molecule has 5 atom stereocenters. The Hall–Kier alpha value is 0.760. The molecule has 1 fully saturated rings. The fourth-order valence-electron chi connectivity index (χ4n) is 3.37. The molecule has 0 spiro atoms. The Morgan fingerprint density at radius 1 is 0.852 bits per heavy atom. The van der Waals surface area contributed by atoms with Crippen molar-refractivity contribution in [1.29, 1.82) is 0 Å². The molecule has 0 unspecified atom stereocenters. The van der Waals surface area contributed by atoms with E-state index < -0.39 is 37.3 Å². The molecule has 0 amide bonds. The summed E-state index contributed by atoms with van der Waals surface area (Å²) in [7, 11) is 0. The third-order valence-corrected chi connectivity index (χ3v) is 5.10. The first kappa shape index (κ1) is 27.8. The molecule has 0 aromatic heterocycles. The molecule has 27 heavy (non-hydrogen) atoms. The number of hydrogen-bond donors (Lipinski definition) is 4. The average molecular weight is 401 g/mol. The number of aliphatic hydroxyl groups excluding tert-OH is 4. The van der Waals surface area contributed by atoms with Gasteiger partial charge in [-0.2, -0.15) is 0 Å². The van der Waals surface area contributed by atoms with Crippen LogP contribution in [-0.2, 0) is 9.47 Å². The van der Waals surface area contributed by atoms with E-state index in [9.17, 15) is 15.3 Å². The van der Waals surface area contributed by atoms with E-state index >= 15 is 0 Å². The number of rotatable bonds is 16. The Morgan fingerprint density at radius 3 is 1.81 bits per heavy atom.